The Morgan fingerprint density at radius 1 is 1.05 bits per heavy atom. The van der Waals surface area contributed by atoms with E-state index < -0.39 is 11.6 Å². The zero-order valence-corrected chi connectivity index (χ0v) is 13.0. The molecule has 2 rings (SSSR count). The van der Waals surface area contributed by atoms with Crippen molar-refractivity contribution < 1.29 is 8.78 Å². The van der Waals surface area contributed by atoms with E-state index in [0.29, 0.717) is 18.0 Å². The van der Waals surface area contributed by atoms with Crippen molar-refractivity contribution in [1.82, 2.24) is 5.32 Å². The molecule has 0 fully saturated rings. The minimum absolute atomic E-state index is 0.210. The molecular formula is C16H15Cl2F2N. The lowest BCUT2D eigenvalue weighted by Gasteiger charge is -2.19. The Morgan fingerprint density at radius 2 is 1.71 bits per heavy atom. The summed E-state index contributed by atoms with van der Waals surface area (Å²) in [7, 11) is 0. The molecule has 112 valence electrons. The van der Waals surface area contributed by atoms with Crippen LogP contribution in [0.15, 0.2) is 36.4 Å². The number of likely N-dealkylation sites (N-methyl/N-ethyl adjacent to an activating group) is 1. The van der Waals surface area contributed by atoms with Crippen LogP contribution in [0.5, 0.6) is 0 Å². The van der Waals surface area contributed by atoms with Crippen LogP contribution >= 0.6 is 23.2 Å². The van der Waals surface area contributed by atoms with Crippen molar-refractivity contribution in [2.24, 2.45) is 0 Å². The van der Waals surface area contributed by atoms with Gasteiger partial charge in [-0.05, 0) is 42.8 Å². The van der Waals surface area contributed by atoms with Crippen molar-refractivity contribution >= 4 is 23.2 Å². The second kappa shape index (κ2) is 7.21. The fraction of sp³-hybridized carbons (Fsp3) is 0.250. The molecule has 0 heterocycles. The van der Waals surface area contributed by atoms with Gasteiger partial charge in [0, 0.05) is 16.6 Å². The first-order valence-corrected chi connectivity index (χ1v) is 7.39. The third-order valence-electron chi connectivity index (χ3n) is 3.22. The SMILES string of the molecule is CCNC(Cc1ccc(Cl)cc1)c1cc(F)c(Cl)cc1F. The Labute approximate surface area is 132 Å². The number of rotatable bonds is 5. The zero-order chi connectivity index (χ0) is 15.4. The van der Waals surface area contributed by atoms with Gasteiger partial charge in [0.15, 0.2) is 0 Å². The van der Waals surface area contributed by atoms with Gasteiger partial charge in [0.05, 0.1) is 5.02 Å². The van der Waals surface area contributed by atoms with Crippen LogP contribution in [0.3, 0.4) is 0 Å². The predicted molar refractivity (Wildman–Crippen MR) is 82.9 cm³/mol. The molecule has 0 saturated heterocycles. The normalized spacial score (nSPS) is 12.4. The molecule has 0 radical (unpaired) electrons. The first-order chi connectivity index (χ1) is 10.0. The molecule has 0 aliphatic heterocycles. The highest BCUT2D eigenvalue weighted by Crippen LogP contribution is 2.26. The number of halogens is 4. The molecule has 1 atom stereocenters. The Hall–Kier alpha value is -1.16. The molecule has 2 aromatic rings. The van der Waals surface area contributed by atoms with Crippen LogP contribution in [-0.4, -0.2) is 6.54 Å². The van der Waals surface area contributed by atoms with Gasteiger partial charge in [-0.3, -0.25) is 0 Å². The molecule has 1 unspecified atom stereocenters. The predicted octanol–water partition coefficient (Wildman–Crippen LogP) is 5.16. The molecule has 0 aromatic heterocycles. The second-order valence-corrected chi connectivity index (χ2v) is 5.57. The summed E-state index contributed by atoms with van der Waals surface area (Å²) >= 11 is 11.4. The van der Waals surface area contributed by atoms with Crippen molar-refractivity contribution in [2.75, 3.05) is 6.54 Å². The van der Waals surface area contributed by atoms with Gasteiger partial charge in [-0.15, -0.1) is 0 Å². The zero-order valence-electron chi connectivity index (χ0n) is 11.5. The molecule has 5 heteroatoms. The van der Waals surface area contributed by atoms with Crippen molar-refractivity contribution in [3.63, 3.8) is 0 Å². The summed E-state index contributed by atoms with van der Waals surface area (Å²) in [4.78, 5) is 0. The fourth-order valence-electron chi connectivity index (χ4n) is 2.20. The summed E-state index contributed by atoms with van der Waals surface area (Å²) in [6, 6.07) is 9.13. The summed E-state index contributed by atoms with van der Waals surface area (Å²) in [5.41, 5.74) is 1.26. The van der Waals surface area contributed by atoms with E-state index in [1.165, 1.54) is 0 Å². The number of benzene rings is 2. The summed E-state index contributed by atoms with van der Waals surface area (Å²) in [6.45, 7) is 2.56. The minimum Gasteiger partial charge on any atom is -0.310 e. The van der Waals surface area contributed by atoms with Crippen LogP contribution in [0.4, 0.5) is 8.78 Å². The lowest BCUT2D eigenvalue weighted by atomic mass is 9.98. The summed E-state index contributed by atoms with van der Waals surface area (Å²) in [5.74, 6) is -1.13. The second-order valence-electron chi connectivity index (χ2n) is 4.73. The van der Waals surface area contributed by atoms with E-state index in [1.54, 1.807) is 12.1 Å². The number of nitrogens with one attached hydrogen (secondary N) is 1. The van der Waals surface area contributed by atoms with Crippen LogP contribution in [0.25, 0.3) is 0 Å². The molecule has 0 saturated carbocycles. The molecule has 2 aromatic carbocycles. The van der Waals surface area contributed by atoms with E-state index in [-0.39, 0.29) is 16.6 Å². The lowest BCUT2D eigenvalue weighted by Crippen LogP contribution is -2.24. The Bertz CT molecular complexity index is 614. The van der Waals surface area contributed by atoms with Gasteiger partial charge in [0.2, 0.25) is 0 Å². The summed E-state index contributed by atoms with van der Waals surface area (Å²) in [6.07, 6.45) is 0.531. The quantitative estimate of drug-likeness (QED) is 0.746. The average Bonchev–Trinajstić information content (AvgIpc) is 2.45. The van der Waals surface area contributed by atoms with Crippen molar-refractivity contribution in [1.29, 1.82) is 0 Å². The smallest absolute Gasteiger partial charge is 0.142 e. The van der Waals surface area contributed by atoms with E-state index in [0.717, 1.165) is 17.7 Å². The highest BCUT2D eigenvalue weighted by molar-refractivity contribution is 6.30. The van der Waals surface area contributed by atoms with Crippen molar-refractivity contribution in [3.05, 3.63) is 69.2 Å². The first-order valence-electron chi connectivity index (χ1n) is 6.63. The first kappa shape index (κ1) is 16.2. The standard InChI is InChI=1S/C16H15Cl2F2N/c1-2-21-16(7-10-3-5-11(17)6-4-10)12-8-15(20)13(18)9-14(12)19/h3-6,8-9,16,21H,2,7H2,1H3. The highest BCUT2D eigenvalue weighted by Gasteiger charge is 2.18. The van der Waals surface area contributed by atoms with Gasteiger partial charge in [0.1, 0.15) is 11.6 Å². The topological polar surface area (TPSA) is 12.0 Å². The highest BCUT2D eigenvalue weighted by atomic mass is 35.5. The van der Waals surface area contributed by atoms with Crippen LogP contribution < -0.4 is 5.32 Å². The largest absolute Gasteiger partial charge is 0.310 e. The molecular weight excluding hydrogens is 315 g/mol. The van der Waals surface area contributed by atoms with Gasteiger partial charge in [-0.1, -0.05) is 42.3 Å². The molecule has 21 heavy (non-hydrogen) atoms. The van der Waals surface area contributed by atoms with E-state index in [9.17, 15) is 8.78 Å². The maximum absolute atomic E-state index is 14.1. The lowest BCUT2D eigenvalue weighted by molar-refractivity contribution is 0.502. The molecule has 0 aliphatic rings. The van der Waals surface area contributed by atoms with E-state index >= 15 is 0 Å². The van der Waals surface area contributed by atoms with Crippen LogP contribution in [0, 0.1) is 11.6 Å². The maximum Gasteiger partial charge on any atom is 0.142 e. The number of hydrogen-bond acceptors (Lipinski definition) is 1. The van der Waals surface area contributed by atoms with Gasteiger partial charge in [-0.25, -0.2) is 8.78 Å². The fourth-order valence-corrected chi connectivity index (χ4v) is 2.48. The third-order valence-corrected chi connectivity index (χ3v) is 3.76. The van der Waals surface area contributed by atoms with Crippen molar-refractivity contribution in [2.45, 2.75) is 19.4 Å². The van der Waals surface area contributed by atoms with Gasteiger partial charge in [0.25, 0.3) is 0 Å². The molecule has 0 spiro atoms. The van der Waals surface area contributed by atoms with E-state index in [1.807, 2.05) is 19.1 Å². The van der Waals surface area contributed by atoms with Crippen molar-refractivity contribution in [3.8, 4) is 0 Å². The Balaban J connectivity index is 2.30. The van der Waals surface area contributed by atoms with Crippen LogP contribution in [-0.2, 0) is 6.42 Å². The Kier molecular flexibility index (Phi) is 5.57. The molecule has 0 aliphatic carbocycles. The van der Waals surface area contributed by atoms with Crippen LogP contribution in [0.2, 0.25) is 10.0 Å². The third kappa shape index (κ3) is 4.16. The maximum atomic E-state index is 14.1. The van der Waals surface area contributed by atoms with Crippen LogP contribution in [0.1, 0.15) is 24.1 Å². The minimum atomic E-state index is -0.618. The summed E-state index contributed by atoms with van der Waals surface area (Å²) in [5, 5.41) is 3.60. The monoisotopic (exact) mass is 329 g/mol. The van der Waals surface area contributed by atoms with Gasteiger partial charge in [-0.2, -0.15) is 0 Å². The molecule has 1 N–H and O–H groups in total. The number of hydrogen-bond donors (Lipinski definition) is 1. The van der Waals surface area contributed by atoms with Gasteiger partial charge < -0.3 is 5.32 Å². The van der Waals surface area contributed by atoms with E-state index in [2.05, 4.69) is 5.32 Å². The Morgan fingerprint density at radius 3 is 2.33 bits per heavy atom. The summed E-state index contributed by atoms with van der Waals surface area (Å²) < 4.78 is 27.7. The molecule has 0 amide bonds. The molecule has 0 bridgehead atoms. The van der Waals surface area contributed by atoms with Gasteiger partial charge >= 0.3 is 0 Å². The average molecular weight is 330 g/mol. The molecule has 1 nitrogen and oxygen atoms in total. The van der Waals surface area contributed by atoms with E-state index in [4.69, 9.17) is 23.2 Å².